The molecule has 0 saturated heterocycles. The molecular formula is C18H16O6. The highest BCUT2D eigenvalue weighted by molar-refractivity contribution is 5.97. The zero-order valence-corrected chi connectivity index (χ0v) is 12.6. The molecule has 124 valence electrons. The number of carbonyl (C=O) groups excluding carboxylic acids is 2. The van der Waals surface area contributed by atoms with Crippen molar-refractivity contribution < 1.29 is 29.6 Å². The lowest BCUT2D eigenvalue weighted by Gasteiger charge is -2.23. The Morgan fingerprint density at radius 2 is 1.67 bits per heavy atom. The highest BCUT2D eigenvalue weighted by Gasteiger charge is 2.40. The number of hydrogen-bond donors (Lipinski definition) is 3. The fourth-order valence-corrected chi connectivity index (χ4v) is 1.95. The van der Waals surface area contributed by atoms with E-state index in [-0.39, 0.29) is 11.3 Å². The minimum absolute atomic E-state index is 0.0841. The molecule has 0 aromatic heterocycles. The first-order valence-electron chi connectivity index (χ1n) is 7.08. The van der Waals surface area contributed by atoms with E-state index in [4.69, 9.17) is 5.11 Å². The summed E-state index contributed by atoms with van der Waals surface area (Å²) in [5.74, 6) is -2.17. The highest BCUT2D eigenvalue weighted by atomic mass is 16.6. The Kier molecular flexibility index (Phi) is 5.47. The average molecular weight is 328 g/mol. The van der Waals surface area contributed by atoms with Crippen molar-refractivity contribution in [3.05, 3.63) is 71.8 Å². The van der Waals surface area contributed by atoms with E-state index in [1.54, 1.807) is 30.3 Å². The van der Waals surface area contributed by atoms with Gasteiger partial charge in [0.25, 0.3) is 0 Å². The first-order valence-corrected chi connectivity index (χ1v) is 7.08. The second kappa shape index (κ2) is 7.54. The summed E-state index contributed by atoms with van der Waals surface area (Å²) >= 11 is 0. The van der Waals surface area contributed by atoms with E-state index in [1.807, 2.05) is 0 Å². The van der Waals surface area contributed by atoms with Crippen molar-refractivity contribution >= 4 is 18.0 Å². The molecule has 3 N–H and O–H groups in total. The van der Waals surface area contributed by atoms with Crippen molar-refractivity contribution in [2.75, 3.05) is 6.61 Å². The number of ether oxygens (including phenoxy) is 1. The Balaban J connectivity index is 2.07. The van der Waals surface area contributed by atoms with Gasteiger partial charge in [-0.3, -0.25) is 0 Å². The summed E-state index contributed by atoms with van der Waals surface area (Å²) < 4.78 is 4.58. The molecule has 0 radical (unpaired) electrons. The summed E-state index contributed by atoms with van der Waals surface area (Å²) in [6, 6.07) is 13.7. The summed E-state index contributed by atoms with van der Waals surface area (Å²) in [6.07, 6.45) is 2.39. The topological polar surface area (TPSA) is 104 Å². The van der Waals surface area contributed by atoms with Gasteiger partial charge in [0, 0.05) is 6.08 Å². The predicted octanol–water partition coefficient (Wildman–Crippen LogP) is 1.36. The second-order valence-corrected chi connectivity index (χ2v) is 5.02. The van der Waals surface area contributed by atoms with E-state index in [2.05, 4.69) is 4.74 Å². The molecule has 0 fully saturated rings. The van der Waals surface area contributed by atoms with Gasteiger partial charge in [-0.1, -0.05) is 42.5 Å². The molecule has 0 aliphatic carbocycles. The molecule has 0 bridgehead atoms. The Hall–Kier alpha value is -2.96. The van der Waals surface area contributed by atoms with Crippen LogP contribution in [-0.4, -0.2) is 33.9 Å². The first-order chi connectivity index (χ1) is 11.5. The predicted molar refractivity (Wildman–Crippen MR) is 85.7 cm³/mol. The number of phenols is 1. The molecule has 0 heterocycles. The third kappa shape index (κ3) is 4.07. The zero-order chi connectivity index (χ0) is 17.6. The molecule has 1 unspecified atom stereocenters. The maximum absolute atomic E-state index is 12.0. The fraction of sp³-hybridized carbons (Fsp3) is 0.111. The minimum atomic E-state index is -2.32. The summed E-state index contributed by atoms with van der Waals surface area (Å²) in [5, 5.41) is 28.8. The number of aliphatic hydroxyl groups excluding tert-OH is 1. The largest absolute Gasteiger partial charge is 0.508 e. The van der Waals surface area contributed by atoms with Crippen LogP contribution in [0.15, 0.2) is 60.7 Å². The molecule has 2 aromatic rings. The summed E-state index contributed by atoms with van der Waals surface area (Å²) in [6.45, 7) is -0.926. The standard InChI is InChI=1S/C18H16O6/c19-12-18(23,14-4-2-1-3-5-14)17(22)24-16(21)11-8-13-6-9-15(20)10-7-13/h1-11,19-20,23H,12H2/b11-8+. The highest BCUT2D eigenvalue weighted by Crippen LogP contribution is 2.22. The van der Waals surface area contributed by atoms with Crippen LogP contribution in [0, 0.1) is 0 Å². The van der Waals surface area contributed by atoms with Crippen LogP contribution in [0.4, 0.5) is 0 Å². The number of hydrogen-bond acceptors (Lipinski definition) is 6. The second-order valence-electron chi connectivity index (χ2n) is 5.02. The van der Waals surface area contributed by atoms with Gasteiger partial charge < -0.3 is 20.1 Å². The van der Waals surface area contributed by atoms with E-state index in [0.717, 1.165) is 6.08 Å². The van der Waals surface area contributed by atoms with E-state index in [9.17, 15) is 19.8 Å². The average Bonchev–Trinajstić information content (AvgIpc) is 2.61. The number of aromatic hydroxyl groups is 1. The number of phenolic OH excluding ortho intramolecular Hbond substituents is 1. The van der Waals surface area contributed by atoms with Crippen LogP contribution in [0.25, 0.3) is 6.08 Å². The Labute approximate surface area is 138 Å². The van der Waals surface area contributed by atoms with Crippen LogP contribution >= 0.6 is 0 Å². The van der Waals surface area contributed by atoms with Gasteiger partial charge in [0.15, 0.2) is 0 Å². The molecule has 0 aliphatic rings. The normalized spacial score (nSPS) is 13.4. The van der Waals surface area contributed by atoms with Crippen molar-refractivity contribution in [3.8, 4) is 5.75 Å². The molecule has 0 spiro atoms. The van der Waals surface area contributed by atoms with Crippen LogP contribution in [0.1, 0.15) is 11.1 Å². The van der Waals surface area contributed by atoms with Crippen molar-refractivity contribution in [3.63, 3.8) is 0 Å². The Bertz CT molecular complexity index is 736. The van der Waals surface area contributed by atoms with Crippen LogP contribution in [-0.2, 0) is 19.9 Å². The van der Waals surface area contributed by atoms with Crippen LogP contribution in [0.2, 0.25) is 0 Å². The maximum Gasteiger partial charge on any atom is 0.353 e. The van der Waals surface area contributed by atoms with Crippen molar-refractivity contribution in [2.24, 2.45) is 0 Å². The lowest BCUT2D eigenvalue weighted by atomic mass is 9.95. The quantitative estimate of drug-likeness (QED) is 0.435. The number of aliphatic hydroxyl groups is 2. The summed E-state index contributed by atoms with van der Waals surface area (Å²) in [5.41, 5.74) is -1.59. The van der Waals surface area contributed by atoms with Gasteiger partial charge in [-0.2, -0.15) is 0 Å². The molecule has 6 heteroatoms. The Morgan fingerprint density at radius 3 is 2.25 bits per heavy atom. The summed E-state index contributed by atoms with van der Waals surface area (Å²) in [7, 11) is 0. The fourth-order valence-electron chi connectivity index (χ4n) is 1.95. The molecule has 2 aromatic carbocycles. The van der Waals surface area contributed by atoms with Gasteiger partial charge >= 0.3 is 11.9 Å². The number of rotatable bonds is 5. The van der Waals surface area contributed by atoms with E-state index < -0.39 is 24.1 Å². The van der Waals surface area contributed by atoms with Gasteiger partial charge in [0.2, 0.25) is 5.60 Å². The van der Waals surface area contributed by atoms with E-state index in [0.29, 0.717) is 5.56 Å². The summed E-state index contributed by atoms with van der Waals surface area (Å²) in [4.78, 5) is 23.8. The molecule has 0 aliphatic heterocycles. The van der Waals surface area contributed by atoms with Crippen LogP contribution < -0.4 is 0 Å². The molecule has 2 rings (SSSR count). The molecule has 0 saturated carbocycles. The van der Waals surface area contributed by atoms with Gasteiger partial charge in [-0.05, 0) is 29.3 Å². The molecule has 6 nitrogen and oxygen atoms in total. The lowest BCUT2D eigenvalue weighted by Crippen LogP contribution is -2.41. The first kappa shape index (κ1) is 17.4. The van der Waals surface area contributed by atoms with Crippen molar-refractivity contribution in [2.45, 2.75) is 5.60 Å². The zero-order valence-electron chi connectivity index (χ0n) is 12.6. The van der Waals surface area contributed by atoms with Crippen molar-refractivity contribution in [1.29, 1.82) is 0 Å². The van der Waals surface area contributed by atoms with Gasteiger partial charge in [-0.25, -0.2) is 9.59 Å². The smallest absolute Gasteiger partial charge is 0.353 e. The lowest BCUT2D eigenvalue weighted by molar-refractivity contribution is -0.176. The monoisotopic (exact) mass is 328 g/mol. The van der Waals surface area contributed by atoms with Crippen LogP contribution in [0.5, 0.6) is 5.75 Å². The minimum Gasteiger partial charge on any atom is -0.508 e. The molecule has 24 heavy (non-hydrogen) atoms. The number of esters is 2. The molecular weight excluding hydrogens is 312 g/mol. The van der Waals surface area contributed by atoms with Gasteiger partial charge in [-0.15, -0.1) is 0 Å². The van der Waals surface area contributed by atoms with Crippen molar-refractivity contribution in [1.82, 2.24) is 0 Å². The molecule has 0 amide bonds. The van der Waals surface area contributed by atoms with Gasteiger partial charge in [0.05, 0.1) is 6.61 Å². The van der Waals surface area contributed by atoms with E-state index >= 15 is 0 Å². The number of benzene rings is 2. The number of carbonyl (C=O) groups is 2. The van der Waals surface area contributed by atoms with E-state index in [1.165, 1.54) is 30.3 Å². The van der Waals surface area contributed by atoms with Crippen LogP contribution in [0.3, 0.4) is 0 Å². The van der Waals surface area contributed by atoms with Gasteiger partial charge in [0.1, 0.15) is 5.75 Å². The third-order valence-corrected chi connectivity index (χ3v) is 3.32. The third-order valence-electron chi connectivity index (χ3n) is 3.32. The SMILES string of the molecule is O=C(/C=C/c1ccc(O)cc1)OC(=O)C(O)(CO)c1ccccc1. The molecule has 1 atom stereocenters. The maximum atomic E-state index is 12.0. The Morgan fingerprint density at radius 1 is 1.04 bits per heavy atom.